The summed E-state index contributed by atoms with van der Waals surface area (Å²) in [4.78, 5) is 16.4. The van der Waals surface area contributed by atoms with Crippen molar-refractivity contribution in [2.75, 3.05) is 0 Å². The van der Waals surface area contributed by atoms with Crippen molar-refractivity contribution in [3.8, 4) is 0 Å². The van der Waals surface area contributed by atoms with Crippen LogP contribution in [0.4, 0.5) is 0 Å². The van der Waals surface area contributed by atoms with Crippen molar-refractivity contribution >= 4 is 33.4 Å². The standard InChI is InChI=1S/C13H16BrClN2O/c14-10-4-2-1-3-5-11(10)17-13(18)12-7-6-9(15)8-16-12/h6-8,10-11H,1-5H2,(H,17,18). The zero-order valence-electron chi connectivity index (χ0n) is 10.0. The van der Waals surface area contributed by atoms with Crippen molar-refractivity contribution in [2.24, 2.45) is 0 Å². The van der Waals surface area contributed by atoms with E-state index in [0.29, 0.717) is 15.5 Å². The van der Waals surface area contributed by atoms with Crippen molar-refractivity contribution < 1.29 is 4.79 Å². The molecule has 98 valence electrons. The van der Waals surface area contributed by atoms with Gasteiger partial charge in [-0.15, -0.1) is 0 Å². The zero-order valence-corrected chi connectivity index (χ0v) is 12.4. The van der Waals surface area contributed by atoms with Crippen LogP contribution in [-0.2, 0) is 0 Å². The van der Waals surface area contributed by atoms with Gasteiger partial charge in [0.1, 0.15) is 5.69 Å². The van der Waals surface area contributed by atoms with Gasteiger partial charge in [0.2, 0.25) is 0 Å². The third-order valence-electron chi connectivity index (χ3n) is 3.21. The summed E-state index contributed by atoms with van der Waals surface area (Å²) < 4.78 is 0. The number of carbonyl (C=O) groups is 1. The Bertz CT molecular complexity index is 410. The maximum atomic E-state index is 12.0. The third kappa shape index (κ3) is 3.69. The van der Waals surface area contributed by atoms with Crippen molar-refractivity contribution in [3.05, 3.63) is 29.0 Å². The number of aromatic nitrogens is 1. The van der Waals surface area contributed by atoms with E-state index in [1.54, 1.807) is 12.1 Å². The normalized spacial score (nSPS) is 24.3. The molecule has 1 amide bonds. The highest BCUT2D eigenvalue weighted by Crippen LogP contribution is 2.23. The van der Waals surface area contributed by atoms with Gasteiger partial charge in [0.15, 0.2) is 0 Å². The number of amides is 1. The van der Waals surface area contributed by atoms with E-state index in [2.05, 4.69) is 26.2 Å². The number of carbonyl (C=O) groups excluding carboxylic acids is 1. The van der Waals surface area contributed by atoms with Gasteiger partial charge >= 0.3 is 0 Å². The maximum Gasteiger partial charge on any atom is 0.270 e. The predicted molar refractivity (Wildman–Crippen MR) is 76.3 cm³/mol. The topological polar surface area (TPSA) is 42.0 Å². The summed E-state index contributed by atoms with van der Waals surface area (Å²) in [6.07, 6.45) is 7.26. The number of nitrogens with one attached hydrogen (secondary N) is 1. The maximum absolute atomic E-state index is 12.0. The van der Waals surface area contributed by atoms with Crippen molar-refractivity contribution in [1.82, 2.24) is 10.3 Å². The SMILES string of the molecule is O=C(NC1CCCCCC1Br)c1ccc(Cl)cn1. The summed E-state index contributed by atoms with van der Waals surface area (Å²) in [5.74, 6) is -0.122. The fraction of sp³-hybridized carbons (Fsp3) is 0.538. The predicted octanol–water partition coefficient (Wildman–Crippen LogP) is 3.56. The summed E-state index contributed by atoms with van der Waals surface area (Å²) in [6, 6.07) is 3.53. The lowest BCUT2D eigenvalue weighted by Gasteiger charge is -2.21. The molecule has 1 aliphatic rings. The Morgan fingerprint density at radius 3 is 2.83 bits per heavy atom. The van der Waals surface area contributed by atoms with E-state index in [-0.39, 0.29) is 11.9 Å². The summed E-state index contributed by atoms with van der Waals surface area (Å²) in [7, 11) is 0. The molecule has 1 fully saturated rings. The van der Waals surface area contributed by atoms with Crippen molar-refractivity contribution in [2.45, 2.75) is 43.0 Å². The minimum absolute atomic E-state index is 0.122. The second-order valence-corrected chi connectivity index (χ2v) is 6.21. The van der Waals surface area contributed by atoms with Gasteiger partial charge in [-0.1, -0.05) is 46.8 Å². The van der Waals surface area contributed by atoms with Crippen LogP contribution in [0.25, 0.3) is 0 Å². The Morgan fingerprint density at radius 1 is 1.33 bits per heavy atom. The van der Waals surface area contributed by atoms with Gasteiger partial charge in [-0.05, 0) is 25.0 Å². The Kier molecular flexibility index (Phi) is 5.01. The molecule has 2 rings (SSSR count). The second-order valence-electron chi connectivity index (χ2n) is 4.60. The van der Waals surface area contributed by atoms with E-state index in [1.165, 1.54) is 25.5 Å². The number of hydrogen-bond donors (Lipinski definition) is 1. The highest BCUT2D eigenvalue weighted by atomic mass is 79.9. The van der Waals surface area contributed by atoms with Crippen LogP contribution in [-0.4, -0.2) is 21.8 Å². The molecular weight excluding hydrogens is 316 g/mol. The smallest absolute Gasteiger partial charge is 0.270 e. The van der Waals surface area contributed by atoms with E-state index in [1.807, 2.05) is 0 Å². The fourth-order valence-corrected chi connectivity index (χ4v) is 3.01. The molecule has 1 aliphatic carbocycles. The molecule has 3 nitrogen and oxygen atoms in total. The van der Waals surface area contributed by atoms with Crippen LogP contribution >= 0.6 is 27.5 Å². The van der Waals surface area contributed by atoms with Crippen molar-refractivity contribution in [1.29, 1.82) is 0 Å². The number of nitrogens with zero attached hydrogens (tertiary/aromatic N) is 1. The van der Waals surface area contributed by atoms with E-state index < -0.39 is 0 Å². The number of pyridine rings is 1. The first kappa shape index (κ1) is 13.8. The van der Waals surface area contributed by atoms with Crippen LogP contribution in [0.3, 0.4) is 0 Å². The first-order chi connectivity index (χ1) is 8.66. The van der Waals surface area contributed by atoms with Crippen molar-refractivity contribution in [3.63, 3.8) is 0 Å². The average molecular weight is 332 g/mol. The van der Waals surface area contributed by atoms with Crippen LogP contribution in [0.5, 0.6) is 0 Å². The minimum atomic E-state index is -0.122. The van der Waals surface area contributed by atoms with Crippen LogP contribution in [0.1, 0.15) is 42.6 Å². The van der Waals surface area contributed by atoms with Gasteiger partial charge in [0.25, 0.3) is 5.91 Å². The molecule has 2 atom stereocenters. The Labute approximate surface area is 120 Å². The first-order valence-electron chi connectivity index (χ1n) is 6.23. The molecule has 18 heavy (non-hydrogen) atoms. The molecule has 0 saturated heterocycles. The number of rotatable bonds is 2. The number of hydrogen-bond acceptors (Lipinski definition) is 2. The molecule has 0 aromatic carbocycles. The van der Waals surface area contributed by atoms with E-state index >= 15 is 0 Å². The highest BCUT2D eigenvalue weighted by molar-refractivity contribution is 9.09. The largest absolute Gasteiger partial charge is 0.347 e. The quantitative estimate of drug-likeness (QED) is 0.665. The molecule has 0 aliphatic heterocycles. The molecule has 1 heterocycles. The lowest BCUT2D eigenvalue weighted by molar-refractivity contribution is 0.0930. The first-order valence-corrected chi connectivity index (χ1v) is 7.52. The van der Waals surface area contributed by atoms with Crippen LogP contribution in [0.15, 0.2) is 18.3 Å². The van der Waals surface area contributed by atoms with Gasteiger partial charge in [0, 0.05) is 17.1 Å². The summed E-state index contributed by atoms with van der Waals surface area (Å²) in [5, 5.41) is 3.59. The molecule has 1 aromatic rings. The zero-order chi connectivity index (χ0) is 13.0. The molecule has 0 bridgehead atoms. The Hall–Kier alpha value is -0.610. The molecule has 1 saturated carbocycles. The molecule has 2 unspecified atom stereocenters. The number of alkyl halides is 1. The monoisotopic (exact) mass is 330 g/mol. The van der Waals surface area contributed by atoms with E-state index in [9.17, 15) is 4.79 Å². The fourth-order valence-electron chi connectivity index (χ4n) is 2.18. The van der Waals surface area contributed by atoms with Crippen LogP contribution in [0.2, 0.25) is 5.02 Å². The van der Waals surface area contributed by atoms with Gasteiger partial charge in [-0.25, -0.2) is 4.98 Å². The molecular formula is C13H16BrClN2O. The van der Waals surface area contributed by atoms with E-state index in [0.717, 1.165) is 12.8 Å². The Balaban J connectivity index is 1.99. The summed E-state index contributed by atoms with van der Waals surface area (Å²) in [5.41, 5.74) is 0.420. The van der Waals surface area contributed by atoms with Gasteiger partial charge in [-0.3, -0.25) is 4.79 Å². The second kappa shape index (κ2) is 6.53. The molecule has 5 heteroatoms. The molecule has 1 N–H and O–H groups in total. The van der Waals surface area contributed by atoms with Gasteiger partial charge in [0.05, 0.1) is 5.02 Å². The lowest BCUT2D eigenvalue weighted by Crippen LogP contribution is -2.40. The molecule has 1 aromatic heterocycles. The number of halogens is 2. The average Bonchev–Trinajstić information content (AvgIpc) is 2.56. The van der Waals surface area contributed by atoms with Crippen LogP contribution < -0.4 is 5.32 Å². The van der Waals surface area contributed by atoms with Crippen LogP contribution in [0, 0.1) is 0 Å². The third-order valence-corrected chi connectivity index (χ3v) is 4.53. The van der Waals surface area contributed by atoms with E-state index in [4.69, 9.17) is 11.6 Å². The highest BCUT2D eigenvalue weighted by Gasteiger charge is 2.23. The summed E-state index contributed by atoms with van der Waals surface area (Å²) >= 11 is 9.41. The molecule has 0 spiro atoms. The lowest BCUT2D eigenvalue weighted by atomic mass is 10.1. The van der Waals surface area contributed by atoms with Gasteiger partial charge < -0.3 is 5.32 Å². The minimum Gasteiger partial charge on any atom is -0.347 e. The Morgan fingerprint density at radius 2 is 2.11 bits per heavy atom. The van der Waals surface area contributed by atoms with Gasteiger partial charge in [-0.2, -0.15) is 0 Å². The summed E-state index contributed by atoms with van der Waals surface area (Å²) in [6.45, 7) is 0. The molecule has 0 radical (unpaired) electrons.